The van der Waals surface area contributed by atoms with E-state index in [0.29, 0.717) is 17.8 Å². The molecule has 5 nitrogen and oxygen atoms in total. The molecule has 1 fully saturated rings. The van der Waals surface area contributed by atoms with Crippen LogP contribution in [0.25, 0.3) is 0 Å². The number of nitrogens with one attached hydrogen (secondary N) is 2. The van der Waals surface area contributed by atoms with Crippen molar-refractivity contribution < 1.29 is 9.18 Å². The van der Waals surface area contributed by atoms with Crippen LogP contribution in [0.15, 0.2) is 42.5 Å². The van der Waals surface area contributed by atoms with E-state index in [1.807, 2.05) is 31.2 Å². The molecule has 1 aliphatic rings. The molecule has 0 radical (unpaired) electrons. The average molecular weight is 457 g/mol. The Balaban J connectivity index is 0.00000225. The van der Waals surface area contributed by atoms with Gasteiger partial charge in [0, 0.05) is 44.0 Å². The molecule has 3 rings (SSSR count). The van der Waals surface area contributed by atoms with Crippen molar-refractivity contribution in [1.82, 2.24) is 10.2 Å². The van der Waals surface area contributed by atoms with Gasteiger partial charge in [0.25, 0.3) is 5.91 Å². The van der Waals surface area contributed by atoms with Crippen LogP contribution < -0.4 is 15.5 Å². The summed E-state index contributed by atoms with van der Waals surface area (Å²) in [6.07, 6.45) is 0. The standard InChI is InChI=1S/C22H29FN4O.2ClH/c1-3-24-16-18-7-5-6-8-20(18)25-22(28)17-9-10-21(19(23)15-17)27-13-11-26(4-2)12-14-27;;/h5-10,15,24H,3-4,11-14,16H2,1-2H3,(H,25,28);2*1H. The summed E-state index contributed by atoms with van der Waals surface area (Å²) in [5, 5.41) is 6.17. The fraction of sp³-hybridized carbons (Fsp3) is 0.409. The van der Waals surface area contributed by atoms with E-state index in [1.165, 1.54) is 6.07 Å². The Morgan fingerprint density at radius 2 is 1.73 bits per heavy atom. The lowest BCUT2D eigenvalue weighted by molar-refractivity contribution is 0.102. The number of hydrogen-bond acceptors (Lipinski definition) is 4. The molecule has 2 aromatic carbocycles. The van der Waals surface area contributed by atoms with Gasteiger partial charge in [-0.3, -0.25) is 4.79 Å². The lowest BCUT2D eigenvalue weighted by Crippen LogP contribution is -2.46. The molecule has 0 bridgehead atoms. The maximum absolute atomic E-state index is 14.7. The second kappa shape index (κ2) is 12.7. The lowest BCUT2D eigenvalue weighted by Gasteiger charge is -2.35. The Morgan fingerprint density at radius 1 is 1.03 bits per heavy atom. The van der Waals surface area contributed by atoms with E-state index >= 15 is 0 Å². The number of halogens is 3. The molecule has 0 unspecified atom stereocenters. The van der Waals surface area contributed by atoms with Crippen molar-refractivity contribution in [1.29, 1.82) is 0 Å². The summed E-state index contributed by atoms with van der Waals surface area (Å²) in [6, 6.07) is 12.4. The van der Waals surface area contributed by atoms with E-state index in [9.17, 15) is 9.18 Å². The fourth-order valence-corrected chi connectivity index (χ4v) is 3.46. The normalized spacial score (nSPS) is 13.9. The van der Waals surface area contributed by atoms with Crippen LogP contribution in [0.2, 0.25) is 0 Å². The third kappa shape index (κ3) is 6.57. The molecule has 1 saturated heterocycles. The number of piperazine rings is 1. The molecular weight excluding hydrogens is 426 g/mol. The molecule has 1 heterocycles. The molecule has 0 aliphatic carbocycles. The van der Waals surface area contributed by atoms with Crippen LogP contribution in [0.3, 0.4) is 0 Å². The summed E-state index contributed by atoms with van der Waals surface area (Å²) >= 11 is 0. The van der Waals surface area contributed by atoms with Crippen molar-refractivity contribution in [2.45, 2.75) is 20.4 Å². The Kier molecular flexibility index (Phi) is 11.1. The van der Waals surface area contributed by atoms with Gasteiger partial charge in [-0.25, -0.2) is 4.39 Å². The van der Waals surface area contributed by atoms with Gasteiger partial charge in [-0.05, 0) is 42.9 Å². The van der Waals surface area contributed by atoms with Crippen molar-refractivity contribution in [2.75, 3.05) is 49.5 Å². The number of carbonyl (C=O) groups is 1. The number of amides is 1. The first-order chi connectivity index (χ1) is 13.6. The first kappa shape index (κ1) is 26.2. The highest BCUT2D eigenvalue weighted by Crippen LogP contribution is 2.23. The number of anilines is 2. The second-order valence-electron chi connectivity index (χ2n) is 6.98. The molecule has 30 heavy (non-hydrogen) atoms. The van der Waals surface area contributed by atoms with Crippen molar-refractivity contribution in [2.24, 2.45) is 0 Å². The Labute approximate surface area is 190 Å². The molecule has 8 heteroatoms. The number of likely N-dealkylation sites (N-methyl/N-ethyl adjacent to an activating group) is 1. The number of benzene rings is 2. The number of hydrogen-bond donors (Lipinski definition) is 2. The van der Waals surface area contributed by atoms with Crippen LogP contribution in [0.4, 0.5) is 15.8 Å². The largest absolute Gasteiger partial charge is 0.367 e. The highest BCUT2D eigenvalue weighted by Gasteiger charge is 2.19. The Morgan fingerprint density at radius 3 is 2.37 bits per heavy atom. The molecule has 2 N–H and O–H groups in total. The molecule has 1 aliphatic heterocycles. The molecule has 0 saturated carbocycles. The molecule has 166 valence electrons. The zero-order chi connectivity index (χ0) is 19.9. The predicted octanol–water partition coefficient (Wildman–Crippen LogP) is 4.17. The van der Waals surface area contributed by atoms with Crippen LogP contribution >= 0.6 is 24.8 Å². The molecule has 2 aromatic rings. The van der Waals surface area contributed by atoms with Crippen molar-refractivity contribution in [3.05, 3.63) is 59.4 Å². The first-order valence-corrected chi connectivity index (χ1v) is 9.99. The van der Waals surface area contributed by atoms with Gasteiger partial charge < -0.3 is 20.4 Å². The van der Waals surface area contributed by atoms with Crippen molar-refractivity contribution in [3.8, 4) is 0 Å². The van der Waals surface area contributed by atoms with Gasteiger partial charge in [0.1, 0.15) is 5.82 Å². The molecule has 0 aromatic heterocycles. The van der Waals surface area contributed by atoms with Crippen LogP contribution in [0, 0.1) is 5.82 Å². The van der Waals surface area contributed by atoms with Crippen LogP contribution in [0.5, 0.6) is 0 Å². The highest BCUT2D eigenvalue weighted by molar-refractivity contribution is 6.04. The summed E-state index contributed by atoms with van der Waals surface area (Å²) in [5.41, 5.74) is 2.64. The number of carbonyl (C=O) groups excluding carboxylic acids is 1. The third-order valence-electron chi connectivity index (χ3n) is 5.20. The van der Waals surface area contributed by atoms with Gasteiger partial charge in [0.2, 0.25) is 0 Å². The minimum Gasteiger partial charge on any atom is -0.367 e. The quantitative estimate of drug-likeness (QED) is 0.655. The average Bonchev–Trinajstić information content (AvgIpc) is 2.73. The topological polar surface area (TPSA) is 47.6 Å². The van der Waals surface area contributed by atoms with Gasteiger partial charge in [-0.2, -0.15) is 0 Å². The van der Waals surface area contributed by atoms with Crippen LogP contribution in [0.1, 0.15) is 29.8 Å². The summed E-state index contributed by atoms with van der Waals surface area (Å²) < 4.78 is 14.7. The Bertz CT molecular complexity index is 813. The van der Waals surface area contributed by atoms with Gasteiger partial charge in [0.05, 0.1) is 5.69 Å². The third-order valence-corrected chi connectivity index (χ3v) is 5.20. The Hall–Kier alpha value is -1.86. The molecule has 1 amide bonds. The van der Waals surface area contributed by atoms with Crippen molar-refractivity contribution in [3.63, 3.8) is 0 Å². The maximum Gasteiger partial charge on any atom is 0.255 e. The predicted molar refractivity (Wildman–Crippen MR) is 127 cm³/mol. The lowest BCUT2D eigenvalue weighted by atomic mass is 10.1. The molecule has 0 spiro atoms. The minimum atomic E-state index is -0.349. The fourth-order valence-electron chi connectivity index (χ4n) is 3.46. The number of rotatable bonds is 7. The zero-order valence-corrected chi connectivity index (χ0v) is 19.1. The zero-order valence-electron chi connectivity index (χ0n) is 17.5. The first-order valence-electron chi connectivity index (χ1n) is 9.99. The van der Waals surface area contributed by atoms with Gasteiger partial charge in [0.15, 0.2) is 0 Å². The highest BCUT2D eigenvalue weighted by atomic mass is 35.5. The smallest absolute Gasteiger partial charge is 0.255 e. The van der Waals surface area contributed by atoms with Crippen LogP contribution in [-0.4, -0.2) is 50.1 Å². The molecular formula is C22H31Cl2FN4O. The summed E-state index contributed by atoms with van der Waals surface area (Å²) in [5.74, 6) is -0.649. The number of nitrogens with zero attached hydrogens (tertiary/aromatic N) is 2. The summed E-state index contributed by atoms with van der Waals surface area (Å²) in [6.45, 7) is 10.2. The monoisotopic (exact) mass is 456 g/mol. The SMILES string of the molecule is CCNCc1ccccc1NC(=O)c1ccc(N2CCN(CC)CC2)c(F)c1.Cl.Cl. The van der Waals surface area contributed by atoms with Gasteiger partial charge in [-0.15, -0.1) is 24.8 Å². The number of para-hydroxylation sites is 1. The minimum absolute atomic E-state index is 0. The van der Waals surface area contributed by atoms with E-state index in [2.05, 4.69) is 27.4 Å². The van der Waals surface area contributed by atoms with Crippen LogP contribution in [-0.2, 0) is 6.54 Å². The van der Waals surface area contributed by atoms with Crippen molar-refractivity contribution >= 4 is 42.1 Å². The van der Waals surface area contributed by atoms with E-state index in [1.54, 1.807) is 12.1 Å². The van der Waals surface area contributed by atoms with E-state index < -0.39 is 0 Å². The maximum atomic E-state index is 14.7. The summed E-state index contributed by atoms with van der Waals surface area (Å²) in [4.78, 5) is 17.0. The summed E-state index contributed by atoms with van der Waals surface area (Å²) in [7, 11) is 0. The van der Waals surface area contributed by atoms with E-state index in [4.69, 9.17) is 0 Å². The second-order valence-corrected chi connectivity index (χ2v) is 6.98. The van der Waals surface area contributed by atoms with E-state index in [0.717, 1.165) is 50.5 Å². The van der Waals surface area contributed by atoms with Gasteiger partial charge in [-0.1, -0.05) is 32.0 Å². The molecule has 0 atom stereocenters. The van der Waals surface area contributed by atoms with E-state index in [-0.39, 0.29) is 36.5 Å². The van der Waals surface area contributed by atoms with Gasteiger partial charge >= 0.3 is 0 Å².